The van der Waals surface area contributed by atoms with E-state index in [1.807, 2.05) is 6.92 Å². The van der Waals surface area contributed by atoms with Crippen molar-refractivity contribution >= 4 is 5.91 Å². The van der Waals surface area contributed by atoms with E-state index in [0.29, 0.717) is 6.54 Å². The molecule has 0 aliphatic heterocycles. The number of rotatable bonds is 5. The minimum absolute atomic E-state index is 0.0622. The molecule has 6 nitrogen and oxygen atoms in total. The minimum Gasteiger partial charge on any atom is -0.394 e. The van der Waals surface area contributed by atoms with E-state index in [1.54, 1.807) is 0 Å². The number of amides is 1. The van der Waals surface area contributed by atoms with Crippen LogP contribution < -0.4 is 10.9 Å². The van der Waals surface area contributed by atoms with E-state index in [4.69, 9.17) is 5.11 Å². The molecule has 1 heterocycles. The van der Waals surface area contributed by atoms with Crippen molar-refractivity contribution in [2.45, 2.75) is 38.3 Å². The van der Waals surface area contributed by atoms with Crippen LogP contribution in [0.4, 0.5) is 0 Å². The Labute approximate surface area is 105 Å². The second kappa shape index (κ2) is 4.89. The highest BCUT2D eigenvalue weighted by atomic mass is 16.3. The van der Waals surface area contributed by atoms with Gasteiger partial charge >= 0.3 is 0 Å². The zero-order valence-corrected chi connectivity index (χ0v) is 10.3. The van der Waals surface area contributed by atoms with Gasteiger partial charge in [-0.15, -0.1) is 0 Å². The second-order valence-corrected chi connectivity index (χ2v) is 4.67. The largest absolute Gasteiger partial charge is 0.394 e. The second-order valence-electron chi connectivity index (χ2n) is 4.67. The molecule has 1 aliphatic rings. The zero-order valence-electron chi connectivity index (χ0n) is 10.3. The first-order valence-electron chi connectivity index (χ1n) is 6.12. The molecule has 18 heavy (non-hydrogen) atoms. The van der Waals surface area contributed by atoms with Crippen molar-refractivity contribution in [3.63, 3.8) is 0 Å². The highest BCUT2D eigenvalue weighted by molar-refractivity contribution is 5.92. The van der Waals surface area contributed by atoms with Crippen LogP contribution in [0.25, 0.3) is 0 Å². The molecule has 1 fully saturated rings. The van der Waals surface area contributed by atoms with Crippen LogP contribution in [0.5, 0.6) is 0 Å². The molecule has 0 radical (unpaired) electrons. The minimum atomic E-state index is -0.468. The van der Waals surface area contributed by atoms with Gasteiger partial charge in [-0.1, -0.05) is 6.92 Å². The molecule has 1 saturated carbocycles. The molecule has 0 spiro atoms. The quantitative estimate of drug-likeness (QED) is 0.766. The summed E-state index contributed by atoms with van der Waals surface area (Å²) in [5.74, 6) is -0.341. The fourth-order valence-electron chi connectivity index (χ4n) is 1.72. The standard InChI is InChI=1S/C12H17N3O3/c1-2-7-15-10(17)4-3-9(14-15)11(18)13-12(8-16)5-6-12/h3-4,16H,2,5-8H2,1H3,(H,13,18). The monoisotopic (exact) mass is 251 g/mol. The molecule has 0 bridgehead atoms. The average molecular weight is 251 g/mol. The van der Waals surface area contributed by atoms with Gasteiger partial charge in [-0.05, 0) is 25.3 Å². The Balaban J connectivity index is 2.15. The number of hydrogen-bond donors (Lipinski definition) is 2. The molecule has 1 aliphatic carbocycles. The summed E-state index contributed by atoms with van der Waals surface area (Å²) in [6.45, 7) is 2.37. The normalized spacial score (nSPS) is 16.3. The number of aliphatic hydroxyl groups is 1. The molecule has 98 valence electrons. The van der Waals surface area contributed by atoms with E-state index in [9.17, 15) is 9.59 Å². The number of aromatic nitrogens is 2. The maximum Gasteiger partial charge on any atom is 0.272 e. The molecule has 0 saturated heterocycles. The van der Waals surface area contributed by atoms with Crippen molar-refractivity contribution in [2.24, 2.45) is 0 Å². The van der Waals surface area contributed by atoms with Gasteiger partial charge in [-0.3, -0.25) is 9.59 Å². The predicted octanol–water partition coefficient (Wildman–Crippen LogP) is -0.0920. The first-order chi connectivity index (χ1) is 8.60. The predicted molar refractivity (Wildman–Crippen MR) is 65.3 cm³/mol. The Hall–Kier alpha value is -1.69. The van der Waals surface area contributed by atoms with Crippen LogP contribution in [-0.2, 0) is 6.54 Å². The van der Waals surface area contributed by atoms with Crippen LogP contribution in [-0.4, -0.2) is 32.9 Å². The molecular weight excluding hydrogens is 234 g/mol. The summed E-state index contributed by atoms with van der Waals surface area (Å²) in [5, 5.41) is 15.9. The summed E-state index contributed by atoms with van der Waals surface area (Å²) in [4.78, 5) is 23.4. The van der Waals surface area contributed by atoms with Gasteiger partial charge in [-0.25, -0.2) is 4.68 Å². The fourth-order valence-corrected chi connectivity index (χ4v) is 1.72. The third kappa shape index (κ3) is 2.59. The fraction of sp³-hybridized carbons (Fsp3) is 0.583. The highest BCUT2D eigenvalue weighted by Crippen LogP contribution is 2.34. The smallest absolute Gasteiger partial charge is 0.272 e. The lowest BCUT2D eigenvalue weighted by molar-refractivity contribution is 0.0899. The number of aliphatic hydroxyl groups excluding tert-OH is 1. The lowest BCUT2D eigenvalue weighted by atomic mass is 10.2. The van der Waals surface area contributed by atoms with Gasteiger partial charge < -0.3 is 10.4 Å². The number of carbonyl (C=O) groups excluding carboxylic acids is 1. The summed E-state index contributed by atoms with van der Waals surface area (Å²) in [6, 6.07) is 2.76. The molecule has 1 aromatic heterocycles. The van der Waals surface area contributed by atoms with Crippen LogP contribution in [0.2, 0.25) is 0 Å². The maximum absolute atomic E-state index is 11.9. The van der Waals surface area contributed by atoms with Gasteiger partial charge in [-0.2, -0.15) is 5.10 Å². The van der Waals surface area contributed by atoms with Crippen molar-refractivity contribution in [1.82, 2.24) is 15.1 Å². The van der Waals surface area contributed by atoms with Gasteiger partial charge in [0.1, 0.15) is 5.69 Å². The Kier molecular flexibility index (Phi) is 3.47. The third-order valence-corrected chi connectivity index (χ3v) is 3.07. The summed E-state index contributed by atoms with van der Waals surface area (Å²) < 4.78 is 1.29. The number of hydrogen-bond acceptors (Lipinski definition) is 4. The van der Waals surface area contributed by atoms with Gasteiger partial charge in [0.05, 0.1) is 12.1 Å². The SMILES string of the molecule is CCCn1nc(C(=O)NC2(CO)CC2)ccc1=O. The van der Waals surface area contributed by atoms with Crippen LogP contribution in [0.1, 0.15) is 36.7 Å². The highest BCUT2D eigenvalue weighted by Gasteiger charge is 2.43. The van der Waals surface area contributed by atoms with Crippen LogP contribution in [0.3, 0.4) is 0 Å². The van der Waals surface area contributed by atoms with Gasteiger partial charge in [0.15, 0.2) is 0 Å². The van der Waals surface area contributed by atoms with E-state index in [0.717, 1.165) is 19.3 Å². The van der Waals surface area contributed by atoms with Crippen molar-refractivity contribution in [2.75, 3.05) is 6.61 Å². The van der Waals surface area contributed by atoms with E-state index in [2.05, 4.69) is 10.4 Å². The molecule has 6 heteroatoms. The number of nitrogens with zero attached hydrogens (tertiary/aromatic N) is 2. The molecule has 2 N–H and O–H groups in total. The van der Waals surface area contributed by atoms with Gasteiger partial charge in [0, 0.05) is 12.6 Å². The van der Waals surface area contributed by atoms with Crippen molar-refractivity contribution in [3.05, 3.63) is 28.2 Å². The van der Waals surface area contributed by atoms with Gasteiger partial charge in [0.25, 0.3) is 11.5 Å². The lowest BCUT2D eigenvalue weighted by Crippen LogP contribution is -2.40. The van der Waals surface area contributed by atoms with Crippen LogP contribution in [0, 0.1) is 0 Å². The third-order valence-electron chi connectivity index (χ3n) is 3.07. The van der Waals surface area contributed by atoms with Crippen LogP contribution in [0.15, 0.2) is 16.9 Å². The Morgan fingerprint density at radius 1 is 1.56 bits per heavy atom. The molecule has 1 aromatic rings. The summed E-state index contributed by atoms with van der Waals surface area (Å²) >= 11 is 0. The molecular formula is C12H17N3O3. The molecule has 0 atom stereocenters. The lowest BCUT2D eigenvalue weighted by Gasteiger charge is -2.14. The summed E-state index contributed by atoms with van der Waals surface area (Å²) in [6.07, 6.45) is 2.34. The average Bonchev–Trinajstić information content (AvgIpc) is 3.12. The van der Waals surface area contributed by atoms with Crippen molar-refractivity contribution in [3.8, 4) is 0 Å². The summed E-state index contributed by atoms with van der Waals surface area (Å²) in [5.41, 5.74) is -0.468. The topological polar surface area (TPSA) is 84.2 Å². The Bertz CT molecular complexity index is 506. The number of carbonyl (C=O) groups is 1. The zero-order chi connectivity index (χ0) is 13.2. The first kappa shape index (κ1) is 12.8. The Morgan fingerprint density at radius 3 is 2.83 bits per heavy atom. The summed E-state index contributed by atoms with van der Waals surface area (Å²) in [7, 11) is 0. The van der Waals surface area contributed by atoms with Crippen LogP contribution >= 0.6 is 0 Å². The maximum atomic E-state index is 11.9. The van der Waals surface area contributed by atoms with E-state index < -0.39 is 5.54 Å². The Morgan fingerprint density at radius 2 is 2.28 bits per heavy atom. The molecule has 2 rings (SSSR count). The number of nitrogens with one attached hydrogen (secondary N) is 1. The van der Waals surface area contributed by atoms with Gasteiger partial charge in [0.2, 0.25) is 0 Å². The van der Waals surface area contributed by atoms with E-state index >= 15 is 0 Å². The van der Waals surface area contributed by atoms with Crippen molar-refractivity contribution in [1.29, 1.82) is 0 Å². The van der Waals surface area contributed by atoms with E-state index in [-0.39, 0.29) is 23.8 Å². The first-order valence-corrected chi connectivity index (χ1v) is 6.12. The number of aryl methyl sites for hydroxylation is 1. The molecule has 0 unspecified atom stereocenters. The molecule has 0 aromatic carbocycles. The van der Waals surface area contributed by atoms with E-state index in [1.165, 1.54) is 16.8 Å². The molecule has 1 amide bonds. The van der Waals surface area contributed by atoms with Crippen molar-refractivity contribution < 1.29 is 9.90 Å².